The van der Waals surface area contributed by atoms with Crippen LogP contribution in [0.3, 0.4) is 0 Å². The van der Waals surface area contributed by atoms with Crippen LogP contribution in [0.2, 0.25) is 0 Å². The highest BCUT2D eigenvalue weighted by Crippen LogP contribution is 2.61. The first-order valence-electron chi connectivity index (χ1n) is 16.2. The number of hydrogen-bond acceptors (Lipinski definition) is 5. The Balaban J connectivity index is 1.35. The molecule has 1 aliphatic heterocycles. The fraction of sp³-hybridized carbons (Fsp3) is 0.421. The number of halogens is 3. The van der Waals surface area contributed by atoms with E-state index in [0.29, 0.717) is 55.3 Å². The quantitative estimate of drug-likeness (QED) is 0.222. The summed E-state index contributed by atoms with van der Waals surface area (Å²) in [4.78, 5) is 29.2. The molecule has 47 heavy (non-hydrogen) atoms. The monoisotopic (exact) mass is 647 g/mol. The number of rotatable bonds is 5. The second-order valence-electron chi connectivity index (χ2n) is 13.5. The van der Waals surface area contributed by atoms with Gasteiger partial charge in [0.15, 0.2) is 5.78 Å². The molecule has 7 rings (SSSR count). The minimum Gasteiger partial charge on any atom is -0.440 e. The lowest BCUT2D eigenvalue weighted by atomic mass is 9.64. The van der Waals surface area contributed by atoms with Crippen molar-refractivity contribution in [1.29, 1.82) is 0 Å². The summed E-state index contributed by atoms with van der Waals surface area (Å²) in [6.07, 6.45) is 1.04. The zero-order valence-corrected chi connectivity index (χ0v) is 26.7. The third-order valence-corrected chi connectivity index (χ3v) is 10.4. The molecule has 3 aromatic carbocycles. The number of amides is 1. The van der Waals surface area contributed by atoms with Gasteiger partial charge in [0, 0.05) is 23.1 Å². The van der Waals surface area contributed by atoms with Gasteiger partial charge in [0.05, 0.1) is 12.6 Å². The third kappa shape index (κ3) is 6.82. The molecule has 3 aromatic rings. The number of ketones is 1. The zero-order valence-electron chi connectivity index (χ0n) is 26.7. The van der Waals surface area contributed by atoms with Crippen LogP contribution in [0.4, 0.5) is 18.0 Å². The highest BCUT2D eigenvalue weighted by molar-refractivity contribution is 6.10. The largest absolute Gasteiger partial charge is 0.573 e. The van der Waals surface area contributed by atoms with Gasteiger partial charge in [-0.25, -0.2) is 4.79 Å². The van der Waals surface area contributed by atoms with Gasteiger partial charge in [-0.15, -0.1) is 13.2 Å². The van der Waals surface area contributed by atoms with Crippen LogP contribution in [0.1, 0.15) is 90.9 Å². The molecule has 6 nitrogen and oxygen atoms in total. The molecule has 2 bridgehead atoms. The van der Waals surface area contributed by atoms with Crippen LogP contribution in [-0.4, -0.2) is 46.5 Å². The minimum atomic E-state index is -4.78. The molecule has 3 aliphatic carbocycles. The Bertz CT molecular complexity index is 1650. The summed E-state index contributed by atoms with van der Waals surface area (Å²) < 4.78 is 48.3. The molecule has 0 aromatic heterocycles. The normalized spacial score (nSPS) is 26.5. The second kappa shape index (κ2) is 12.8. The molecule has 0 radical (unpaired) electrons. The van der Waals surface area contributed by atoms with Crippen LogP contribution in [-0.2, 0) is 17.7 Å². The lowest BCUT2D eigenvalue weighted by Crippen LogP contribution is -2.48. The summed E-state index contributed by atoms with van der Waals surface area (Å²) in [7, 11) is 0. The molecule has 1 amide bonds. The van der Waals surface area contributed by atoms with Crippen LogP contribution in [0.15, 0.2) is 84.4 Å². The summed E-state index contributed by atoms with van der Waals surface area (Å²) in [6, 6.07) is 20.7. The number of fused-ring (bicyclic) bond motifs is 8. The second-order valence-corrected chi connectivity index (χ2v) is 13.5. The number of nitrogens with zero attached hydrogens (tertiary/aromatic N) is 1. The van der Waals surface area contributed by atoms with Crippen LogP contribution >= 0.6 is 0 Å². The standard InChI is InChI=1S/C38H40F3NO5/c1-25-7-6-19-36(2)33(31-17-13-27(21-29(43)14-10-25)22-32(31)34(44)28-8-4-3-5-9-28)18-20-37(36)24-42(35(45)47-37)23-26-11-15-30(16-12-26)46-38(39,40)41/h3-5,7-9,11-13,15-17,22,29,33,43H,6,10,14,18-21,23-24H2,1-2H3. The van der Waals surface area contributed by atoms with E-state index in [2.05, 4.69) is 24.7 Å². The van der Waals surface area contributed by atoms with Crippen molar-refractivity contribution in [2.75, 3.05) is 6.54 Å². The Labute approximate surface area is 273 Å². The summed E-state index contributed by atoms with van der Waals surface area (Å²) >= 11 is 0. The van der Waals surface area contributed by atoms with Crippen LogP contribution < -0.4 is 4.74 Å². The molecular weight excluding hydrogens is 607 g/mol. The van der Waals surface area contributed by atoms with Gasteiger partial charge >= 0.3 is 12.5 Å². The maximum Gasteiger partial charge on any atom is 0.573 e. The van der Waals surface area contributed by atoms with Crippen molar-refractivity contribution in [3.63, 3.8) is 0 Å². The lowest BCUT2D eigenvalue weighted by molar-refractivity contribution is -0.274. The summed E-state index contributed by atoms with van der Waals surface area (Å²) in [5.74, 6) is -0.490. The van der Waals surface area contributed by atoms with Crippen LogP contribution in [0.5, 0.6) is 5.75 Å². The van der Waals surface area contributed by atoms with Crippen molar-refractivity contribution in [1.82, 2.24) is 4.90 Å². The maximum absolute atomic E-state index is 14.1. The van der Waals surface area contributed by atoms with E-state index in [9.17, 15) is 27.9 Å². The Kier molecular flexibility index (Phi) is 8.96. The van der Waals surface area contributed by atoms with E-state index >= 15 is 0 Å². The number of aliphatic hydroxyl groups excluding tert-OH is 1. The van der Waals surface area contributed by atoms with Crippen molar-refractivity contribution in [2.24, 2.45) is 5.41 Å². The first-order chi connectivity index (χ1) is 22.4. The van der Waals surface area contributed by atoms with Gasteiger partial charge in [-0.1, -0.05) is 73.2 Å². The summed E-state index contributed by atoms with van der Waals surface area (Å²) in [6.45, 7) is 4.76. The molecular formula is C38H40F3NO5. The van der Waals surface area contributed by atoms with E-state index in [-0.39, 0.29) is 24.0 Å². The topological polar surface area (TPSA) is 76.1 Å². The van der Waals surface area contributed by atoms with E-state index < -0.39 is 29.6 Å². The number of ether oxygens (including phenoxy) is 2. The van der Waals surface area contributed by atoms with E-state index in [1.807, 2.05) is 48.5 Å². The van der Waals surface area contributed by atoms with Crippen molar-refractivity contribution >= 4 is 11.9 Å². The number of benzene rings is 3. The molecule has 9 heteroatoms. The first kappa shape index (κ1) is 32.8. The smallest absolute Gasteiger partial charge is 0.440 e. The number of carbonyl (C=O) groups is 2. The third-order valence-electron chi connectivity index (χ3n) is 10.4. The van der Waals surface area contributed by atoms with Crippen LogP contribution in [0, 0.1) is 5.41 Å². The molecule has 1 heterocycles. The fourth-order valence-electron chi connectivity index (χ4n) is 7.87. The molecule has 4 aliphatic rings. The van der Waals surface area contributed by atoms with Gasteiger partial charge in [0.1, 0.15) is 11.4 Å². The SMILES string of the molecule is CC1=CCCC2(C)C(CCC23CN(Cc2ccc(OC(F)(F)F)cc2)C(=O)O3)c2ccc(cc2C(=O)c2ccccc2)CC(O)CC1. The van der Waals surface area contributed by atoms with Crippen molar-refractivity contribution in [2.45, 2.75) is 89.3 Å². The molecule has 1 saturated heterocycles. The van der Waals surface area contributed by atoms with Crippen LogP contribution in [0.25, 0.3) is 0 Å². The summed E-state index contributed by atoms with van der Waals surface area (Å²) in [5.41, 5.74) is 3.52. The number of allylic oxidation sites excluding steroid dienone is 2. The number of aliphatic hydroxyl groups is 1. The highest BCUT2D eigenvalue weighted by atomic mass is 19.4. The van der Waals surface area contributed by atoms with Crippen molar-refractivity contribution in [3.8, 4) is 5.75 Å². The Morgan fingerprint density at radius 2 is 1.79 bits per heavy atom. The van der Waals surface area contributed by atoms with Crippen molar-refractivity contribution < 1.29 is 37.3 Å². The number of alkyl halides is 3. The Morgan fingerprint density at radius 3 is 2.51 bits per heavy atom. The van der Waals surface area contributed by atoms with E-state index in [0.717, 1.165) is 24.0 Å². The van der Waals surface area contributed by atoms with Gasteiger partial charge in [-0.3, -0.25) is 9.69 Å². The average molecular weight is 648 g/mol. The highest BCUT2D eigenvalue weighted by Gasteiger charge is 2.64. The van der Waals surface area contributed by atoms with E-state index in [1.165, 1.54) is 29.8 Å². The molecule has 4 atom stereocenters. The average Bonchev–Trinajstić information content (AvgIpc) is 3.50. The van der Waals surface area contributed by atoms with Crippen molar-refractivity contribution in [3.05, 3.63) is 112 Å². The number of carbonyl (C=O) groups excluding carboxylic acids is 2. The predicted octanol–water partition coefficient (Wildman–Crippen LogP) is 8.51. The Morgan fingerprint density at radius 1 is 1.04 bits per heavy atom. The van der Waals surface area contributed by atoms with Gasteiger partial charge < -0.3 is 14.6 Å². The first-order valence-corrected chi connectivity index (χ1v) is 16.2. The molecule has 248 valence electrons. The summed E-state index contributed by atoms with van der Waals surface area (Å²) in [5, 5.41) is 10.8. The molecule has 2 fully saturated rings. The number of hydrogen-bond donors (Lipinski definition) is 1. The van der Waals surface area contributed by atoms with Gasteiger partial charge in [0.2, 0.25) is 0 Å². The van der Waals surface area contributed by atoms with Gasteiger partial charge in [-0.05, 0) is 92.7 Å². The van der Waals surface area contributed by atoms with E-state index in [1.54, 1.807) is 4.90 Å². The van der Waals surface area contributed by atoms with E-state index in [4.69, 9.17) is 4.74 Å². The molecule has 4 unspecified atom stereocenters. The predicted molar refractivity (Wildman–Crippen MR) is 171 cm³/mol. The fourth-order valence-corrected chi connectivity index (χ4v) is 7.87. The van der Waals surface area contributed by atoms with Gasteiger partial charge in [0.25, 0.3) is 0 Å². The maximum atomic E-state index is 14.1. The zero-order chi connectivity index (χ0) is 33.4. The lowest BCUT2D eigenvalue weighted by Gasteiger charge is -2.43. The molecule has 1 N–H and O–H groups in total. The Hall–Kier alpha value is -4.11. The minimum absolute atomic E-state index is 0.0777. The molecule has 1 spiro atoms. The molecule has 1 saturated carbocycles. The van der Waals surface area contributed by atoms with Gasteiger partial charge in [-0.2, -0.15) is 0 Å².